The standard InChI is InChI=1S/C9H16N2.C8H8N2.C6H7FN2O2.C3H8/c1-4-10-9-5-6-11(3)7-8(9)2;1-7-3-2-4-8-5-6-9-10(7)8;1-6(2,7)5-9-8-4(3-10)11-5;1-3-2/h4,10H,1,5-7H2,2-3H3;2-6H,1H3;3H,1-2H3;3H2,1-2H3. The summed E-state index contributed by atoms with van der Waals surface area (Å²) in [6.07, 6.45) is 6.31. The van der Waals surface area contributed by atoms with Gasteiger partial charge in [0.1, 0.15) is 0 Å². The van der Waals surface area contributed by atoms with Gasteiger partial charge < -0.3 is 14.6 Å². The van der Waals surface area contributed by atoms with Gasteiger partial charge in [-0.15, -0.1) is 10.2 Å². The molecule has 0 aliphatic carbocycles. The van der Waals surface area contributed by atoms with Gasteiger partial charge in [0.15, 0.2) is 5.67 Å². The molecule has 0 spiro atoms. The highest BCUT2D eigenvalue weighted by molar-refractivity contribution is 5.66. The first kappa shape index (κ1) is 29.7. The predicted molar refractivity (Wildman–Crippen MR) is 138 cm³/mol. The first-order valence-electron chi connectivity index (χ1n) is 11.7. The van der Waals surface area contributed by atoms with Crippen LogP contribution in [0, 0.1) is 6.92 Å². The fourth-order valence-corrected chi connectivity index (χ4v) is 3.03. The zero-order valence-electron chi connectivity index (χ0n) is 22.0. The van der Waals surface area contributed by atoms with E-state index in [0.29, 0.717) is 6.29 Å². The molecule has 1 N–H and O–H groups in total. The van der Waals surface area contributed by atoms with E-state index < -0.39 is 5.67 Å². The number of likely N-dealkylation sites (N-methyl/N-ethyl adjacent to an activating group) is 1. The number of nitrogens with zero attached hydrogens (tertiary/aromatic N) is 5. The minimum atomic E-state index is -1.69. The highest BCUT2D eigenvalue weighted by Crippen LogP contribution is 2.22. The van der Waals surface area contributed by atoms with Crippen LogP contribution in [0.5, 0.6) is 0 Å². The van der Waals surface area contributed by atoms with Crippen LogP contribution in [-0.4, -0.2) is 51.1 Å². The number of aryl methyl sites for hydroxylation is 1. The Morgan fingerprint density at radius 1 is 1.23 bits per heavy atom. The zero-order valence-corrected chi connectivity index (χ0v) is 22.0. The second kappa shape index (κ2) is 14.8. The fourth-order valence-electron chi connectivity index (χ4n) is 3.03. The van der Waals surface area contributed by atoms with E-state index in [1.165, 1.54) is 37.2 Å². The minimum absolute atomic E-state index is 0.181. The summed E-state index contributed by atoms with van der Waals surface area (Å²) in [6, 6.07) is 8.11. The molecule has 4 rings (SSSR count). The molecule has 0 atom stereocenters. The van der Waals surface area contributed by atoms with E-state index in [9.17, 15) is 9.18 Å². The van der Waals surface area contributed by atoms with E-state index in [1.54, 1.807) is 6.20 Å². The first-order valence-corrected chi connectivity index (χ1v) is 11.7. The van der Waals surface area contributed by atoms with Gasteiger partial charge in [-0.2, -0.15) is 5.10 Å². The number of aldehydes is 1. The maximum Gasteiger partial charge on any atom is 0.280 e. The Balaban J connectivity index is 0.000000248. The Morgan fingerprint density at radius 3 is 2.40 bits per heavy atom. The number of hydrogen-bond donors (Lipinski definition) is 1. The minimum Gasteiger partial charge on any atom is -0.415 e. The van der Waals surface area contributed by atoms with Crippen molar-refractivity contribution in [1.29, 1.82) is 0 Å². The highest BCUT2D eigenvalue weighted by atomic mass is 19.1. The van der Waals surface area contributed by atoms with Gasteiger partial charge in [0.05, 0.1) is 5.52 Å². The van der Waals surface area contributed by atoms with Crippen molar-refractivity contribution in [3.8, 4) is 0 Å². The number of nitrogens with one attached hydrogen (secondary N) is 1. The van der Waals surface area contributed by atoms with Gasteiger partial charge in [0.25, 0.3) is 11.8 Å². The molecule has 0 radical (unpaired) electrons. The second-order valence-corrected chi connectivity index (χ2v) is 8.67. The van der Waals surface area contributed by atoms with Gasteiger partial charge in [0.2, 0.25) is 6.29 Å². The summed E-state index contributed by atoms with van der Waals surface area (Å²) in [5, 5.41) is 13.9. The van der Waals surface area contributed by atoms with Crippen LogP contribution < -0.4 is 5.32 Å². The van der Waals surface area contributed by atoms with Crippen molar-refractivity contribution in [2.45, 2.75) is 60.1 Å². The van der Waals surface area contributed by atoms with E-state index in [-0.39, 0.29) is 11.8 Å². The largest absolute Gasteiger partial charge is 0.415 e. The number of fused-ring (bicyclic) bond motifs is 1. The molecule has 3 aromatic rings. The van der Waals surface area contributed by atoms with Crippen molar-refractivity contribution in [1.82, 2.24) is 30.0 Å². The number of rotatable bonds is 4. The van der Waals surface area contributed by atoms with Crippen molar-refractivity contribution < 1.29 is 13.6 Å². The van der Waals surface area contributed by atoms with Crippen LogP contribution in [0.3, 0.4) is 0 Å². The Kier molecular flexibility index (Phi) is 12.6. The quantitative estimate of drug-likeness (QED) is 0.489. The molecule has 1 aliphatic heterocycles. The summed E-state index contributed by atoms with van der Waals surface area (Å²) in [6.45, 7) is 16.9. The summed E-state index contributed by atoms with van der Waals surface area (Å²) in [5.74, 6) is -0.384. The average molecular weight is 487 g/mol. The van der Waals surface area contributed by atoms with Gasteiger partial charge >= 0.3 is 0 Å². The normalized spacial score (nSPS) is 13.5. The maximum atomic E-state index is 13.0. The van der Waals surface area contributed by atoms with E-state index in [1.807, 2.05) is 41.9 Å². The van der Waals surface area contributed by atoms with Crippen LogP contribution in [0.2, 0.25) is 0 Å². The van der Waals surface area contributed by atoms with Crippen LogP contribution in [0.25, 0.3) is 5.52 Å². The lowest BCUT2D eigenvalue weighted by Gasteiger charge is -2.25. The van der Waals surface area contributed by atoms with Crippen molar-refractivity contribution in [2.24, 2.45) is 0 Å². The molecule has 1 aliphatic rings. The van der Waals surface area contributed by atoms with Crippen LogP contribution >= 0.6 is 0 Å². The molecule has 3 aromatic heterocycles. The molecule has 0 unspecified atom stereocenters. The molecule has 0 saturated carbocycles. The maximum absolute atomic E-state index is 13.0. The van der Waals surface area contributed by atoms with Crippen LogP contribution in [0.4, 0.5) is 4.39 Å². The van der Waals surface area contributed by atoms with Gasteiger partial charge in [-0.1, -0.05) is 32.9 Å². The predicted octanol–water partition coefficient (Wildman–Crippen LogP) is 5.47. The van der Waals surface area contributed by atoms with Crippen molar-refractivity contribution >= 4 is 11.8 Å². The zero-order chi connectivity index (χ0) is 26.4. The molecule has 0 amide bonds. The summed E-state index contributed by atoms with van der Waals surface area (Å²) < 4.78 is 19.5. The van der Waals surface area contributed by atoms with Crippen LogP contribution in [-0.2, 0) is 5.67 Å². The topological polar surface area (TPSA) is 88.6 Å². The first-order chi connectivity index (χ1) is 16.6. The van der Waals surface area contributed by atoms with E-state index in [4.69, 9.17) is 0 Å². The number of aromatic nitrogens is 4. The third-order valence-electron chi connectivity index (χ3n) is 4.70. The van der Waals surface area contributed by atoms with Crippen molar-refractivity contribution in [3.05, 3.63) is 72.0 Å². The number of pyridine rings is 1. The number of hydrogen-bond acceptors (Lipinski definition) is 7. The average Bonchev–Trinajstić information content (AvgIpc) is 3.47. The molecule has 0 fully saturated rings. The van der Waals surface area contributed by atoms with E-state index >= 15 is 0 Å². The molecule has 9 heteroatoms. The number of carbonyl (C=O) groups is 1. The number of halogens is 1. The highest BCUT2D eigenvalue weighted by Gasteiger charge is 2.26. The summed E-state index contributed by atoms with van der Waals surface area (Å²) in [5.41, 5.74) is 3.41. The lowest BCUT2D eigenvalue weighted by Crippen LogP contribution is -2.30. The molecule has 0 bridgehead atoms. The molecular weight excluding hydrogens is 447 g/mol. The lowest BCUT2D eigenvalue weighted by atomic mass is 10.1. The molecule has 8 nitrogen and oxygen atoms in total. The molecule has 35 heavy (non-hydrogen) atoms. The van der Waals surface area contributed by atoms with Crippen LogP contribution in [0.15, 0.2) is 58.9 Å². The fraction of sp³-hybridized carbons (Fsp3) is 0.462. The Bertz CT molecular complexity index is 1080. The van der Waals surface area contributed by atoms with Crippen molar-refractivity contribution in [3.63, 3.8) is 0 Å². The van der Waals surface area contributed by atoms with E-state index in [0.717, 1.165) is 25.0 Å². The smallest absolute Gasteiger partial charge is 0.280 e. The van der Waals surface area contributed by atoms with Gasteiger partial charge in [-0.3, -0.25) is 4.79 Å². The number of alkyl halides is 1. The summed E-state index contributed by atoms with van der Waals surface area (Å²) >= 11 is 0. The summed E-state index contributed by atoms with van der Waals surface area (Å²) in [7, 11) is 2.15. The van der Waals surface area contributed by atoms with Gasteiger partial charge in [-0.25, -0.2) is 8.91 Å². The van der Waals surface area contributed by atoms with E-state index in [2.05, 4.69) is 64.3 Å². The molecule has 0 saturated heterocycles. The number of carbonyl (C=O) groups excluding carboxylic acids is 1. The Morgan fingerprint density at radius 2 is 1.91 bits per heavy atom. The monoisotopic (exact) mass is 486 g/mol. The van der Waals surface area contributed by atoms with Crippen molar-refractivity contribution in [2.75, 3.05) is 20.1 Å². The molecule has 0 aromatic carbocycles. The molecule has 4 heterocycles. The molecular formula is C26H39FN6O2. The molecule has 192 valence electrons. The van der Waals surface area contributed by atoms with Crippen LogP contribution in [0.1, 0.15) is 69.7 Å². The SMILES string of the molecule is C=CNC1=C(C)CN(C)CC1.CC(C)(F)c1nnc(C=O)o1.CCC.Cc1cccc2ccnn12. The lowest BCUT2D eigenvalue weighted by molar-refractivity contribution is 0.108. The Hall–Kier alpha value is -3.33. The third-order valence-corrected chi connectivity index (χ3v) is 4.70. The third kappa shape index (κ3) is 10.2. The Labute approximate surface area is 207 Å². The van der Waals surface area contributed by atoms with Gasteiger partial charge in [-0.05, 0) is 64.7 Å². The van der Waals surface area contributed by atoms with Gasteiger partial charge in [0, 0.05) is 37.1 Å². The summed E-state index contributed by atoms with van der Waals surface area (Å²) in [4.78, 5) is 12.4. The second-order valence-electron chi connectivity index (χ2n) is 8.67.